The number of hydrogen-bond acceptors (Lipinski definition) is 1. The zero-order valence-electron chi connectivity index (χ0n) is 10.1. The molecule has 0 radical (unpaired) electrons. The van der Waals surface area contributed by atoms with Crippen molar-refractivity contribution in [2.45, 2.75) is 13.0 Å². The number of aryl methyl sites for hydroxylation is 1. The first-order valence-electron chi connectivity index (χ1n) is 5.57. The van der Waals surface area contributed by atoms with E-state index in [0.717, 1.165) is 3.57 Å². The van der Waals surface area contributed by atoms with Gasteiger partial charge in [-0.25, -0.2) is 8.78 Å². The molecule has 19 heavy (non-hydrogen) atoms. The van der Waals surface area contributed by atoms with Crippen LogP contribution in [0.2, 0.25) is 5.02 Å². The first-order chi connectivity index (χ1) is 8.91. The molecule has 2 rings (SSSR count). The minimum atomic E-state index is -0.901. The SMILES string of the molecule is Cc1ccc(C(N)c2ccc(I)c(Cl)c2)c(F)c1F. The lowest BCUT2D eigenvalue weighted by Crippen LogP contribution is -2.15. The van der Waals surface area contributed by atoms with Gasteiger partial charge in [-0.2, -0.15) is 0 Å². The molecule has 0 aliphatic rings. The summed E-state index contributed by atoms with van der Waals surface area (Å²) in [6.45, 7) is 1.51. The fourth-order valence-corrected chi connectivity index (χ4v) is 2.31. The van der Waals surface area contributed by atoms with Crippen molar-refractivity contribution in [1.29, 1.82) is 0 Å². The van der Waals surface area contributed by atoms with E-state index in [-0.39, 0.29) is 11.1 Å². The molecule has 0 spiro atoms. The number of halogens is 4. The third-order valence-electron chi connectivity index (χ3n) is 2.94. The smallest absolute Gasteiger partial charge is 0.164 e. The molecule has 1 atom stereocenters. The largest absolute Gasteiger partial charge is 0.320 e. The van der Waals surface area contributed by atoms with Gasteiger partial charge in [0.1, 0.15) is 0 Å². The van der Waals surface area contributed by atoms with E-state index in [2.05, 4.69) is 22.6 Å². The summed E-state index contributed by atoms with van der Waals surface area (Å²) in [6, 6.07) is 7.50. The van der Waals surface area contributed by atoms with Gasteiger partial charge < -0.3 is 5.73 Å². The van der Waals surface area contributed by atoms with Crippen LogP contribution in [0.1, 0.15) is 22.7 Å². The molecule has 100 valence electrons. The van der Waals surface area contributed by atoms with Crippen molar-refractivity contribution in [1.82, 2.24) is 0 Å². The van der Waals surface area contributed by atoms with Crippen molar-refractivity contribution in [2.24, 2.45) is 5.73 Å². The second kappa shape index (κ2) is 5.73. The van der Waals surface area contributed by atoms with Crippen molar-refractivity contribution in [3.05, 3.63) is 67.2 Å². The number of nitrogens with two attached hydrogens (primary N) is 1. The average Bonchev–Trinajstić information content (AvgIpc) is 2.39. The van der Waals surface area contributed by atoms with Gasteiger partial charge in [-0.3, -0.25) is 0 Å². The molecule has 1 unspecified atom stereocenters. The molecule has 0 aliphatic carbocycles. The maximum atomic E-state index is 13.9. The highest BCUT2D eigenvalue weighted by atomic mass is 127. The first-order valence-corrected chi connectivity index (χ1v) is 7.02. The molecule has 5 heteroatoms. The highest BCUT2D eigenvalue weighted by Crippen LogP contribution is 2.28. The van der Waals surface area contributed by atoms with Crippen LogP contribution in [0.3, 0.4) is 0 Å². The molecule has 0 saturated carbocycles. The summed E-state index contributed by atoms with van der Waals surface area (Å²) in [4.78, 5) is 0. The summed E-state index contributed by atoms with van der Waals surface area (Å²) >= 11 is 8.10. The molecule has 0 bridgehead atoms. The Hall–Kier alpha value is -0.720. The number of hydrogen-bond donors (Lipinski definition) is 1. The van der Waals surface area contributed by atoms with Gasteiger partial charge in [0.05, 0.1) is 11.1 Å². The molecule has 2 aromatic carbocycles. The van der Waals surface area contributed by atoms with E-state index < -0.39 is 17.7 Å². The third-order valence-corrected chi connectivity index (χ3v) is 4.52. The summed E-state index contributed by atoms with van der Waals surface area (Å²) in [5.41, 5.74) is 7.02. The maximum absolute atomic E-state index is 13.9. The van der Waals surface area contributed by atoms with Crippen LogP contribution in [-0.4, -0.2) is 0 Å². The van der Waals surface area contributed by atoms with Crippen LogP contribution in [0.5, 0.6) is 0 Å². The summed E-state index contributed by atoms with van der Waals surface area (Å²) in [5.74, 6) is -1.76. The highest BCUT2D eigenvalue weighted by molar-refractivity contribution is 14.1. The van der Waals surface area contributed by atoms with Gasteiger partial charge in [0, 0.05) is 9.13 Å². The van der Waals surface area contributed by atoms with Crippen LogP contribution in [0.15, 0.2) is 30.3 Å². The Morgan fingerprint density at radius 1 is 1.16 bits per heavy atom. The van der Waals surface area contributed by atoms with Crippen molar-refractivity contribution in [3.8, 4) is 0 Å². The Bertz CT molecular complexity index is 631. The summed E-state index contributed by atoms with van der Waals surface area (Å²) in [6.07, 6.45) is 0. The van der Waals surface area contributed by atoms with Gasteiger partial charge in [0.15, 0.2) is 11.6 Å². The van der Waals surface area contributed by atoms with Crippen molar-refractivity contribution < 1.29 is 8.78 Å². The lowest BCUT2D eigenvalue weighted by Gasteiger charge is -2.15. The third kappa shape index (κ3) is 2.90. The zero-order chi connectivity index (χ0) is 14.2. The summed E-state index contributed by atoms with van der Waals surface area (Å²) < 4.78 is 28.3. The summed E-state index contributed by atoms with van der Waals surface area (Å²) in [7, 11) is 0. The molecule has 0 heterocycles. The van der Waals surface area contributed by atoms with E-state index in [1.807, 2.05) is 0 Å². The predicted molar refractivity (Wildman–Crippen MR) is 81.3 cm³/mol. The number of rotatable bonds is 2. The molecule has 2 N–H and O–H groups in total. The van der Waals surface area contributed by atoms with Gasteiger partial charge in [0.2, 0.25) is 0 Å². The van der Waals surface area contributed by atoms with Gasteiger partial charge in [-0.1, -0.05) is 29.8 Å². The minimum Gasteiger partial charge on any atom is -0.320 e. The van der Waals surface area contributed by atoms with Crippen molar-refractivity contribution >= 4 is 34.2 Å². The number of benzene rings is 2. The highest BCUT2D eigenvalue weighted by Gasteiger charge is 2.18. The van der Waals surface area contributed by atoms with E-state index in [1.165, 1.54) is 19.1 Å². The van der Waals surface area contributed by atoms with Gasteiger partial charge in [-0.15, -0.1) is 0 Å². The fraction of sp³-hybridized carbons (Fsp3) is 0.143. The normalized spacial score (nSPS) is 12.5. The van der Waals surface area contributed by atoms with Crippen molar-refractivity contribution in [3.63, 3.8) is 0 Å². The lowest BCUT2D eigenvalue weighted by atomic mass is 9.98. The molecule has 0 fully saturated rings. The van der Waals surface area contributed by atoms with Gasteiger partial charge >= 0.3 is 0 Å². The Morgan fingerprint density at radius 3 is 2.47 bits per heavy atom. The standard InChI is InChI=1S/C14H11ClF2IN/c1-7-2-4-9(13(17)12(7)16)14(19)8-3-5-11(18)10(15)6-8/h2-6,14H,19H2,1H3. The molecule has 0 saturated heterocycles. The quantitative estimate of drug-likeness (QED) is 0.743. The Kier molecular flexibility index (Phi) is 4.43. The maximum Gasteiger partial charge on any atom is 0.164 e. The molecule has 0 aromatic heterocycles. The van der Waals surface area contributed by atoms with Crippen LogP contribution in [0, 0.1) is 22.1 Å². The zero-order valence-corrected chi connectivity index (χ0v) is 13.0. The second-order valence-corrected chi connectivity index (χ2v) is 5.82. The molecule has 1 nitrogen and oxygen atoms in total. The van der Waals surface area contributed by atoms with Gasteiger partial charge in [0.25, 0.3) is 0 Å². The van der Waals surface area contributed by atoms with E-state index >= 15 is 0 Å². The van der Waals surface area contributed by atoms with E-state index in [4.69, 9.17) is 17.3 Å². The van der Waals surface area contributed by atoms with E-state index in [1.54, 1.807) is 18.2 Å². The average molecular weight is 394 g/mol. The minimum absolute atomic E-state index is 0.125. The van der Waals surface area contributed by atoms with Crippen LogP contribution in [-0.2, 0) is 0 Å². The molecule has 2 aromatic rings. The lowest BCUT2D eigenvalue weighted by molar-refractivity contribution is 0.489. The van der Waals surface area contributed by atoms with E-state index in [9.17, 15) is 8.78 Å². The van der Waals surface area contributed by atoms with Crippen LogP contribution >= 0.6 is 34.2 Å². The topological polar surface area (TPSA) is 26.0 Å². The predicted octanol–water partition coefficient (Wildman–Crippen LogP) is 4.58. The fourth-order valence-electron chi connectivity index (χ4n) is 1.79. The van der Waals surface area contributed by atoms with Gasteiger partial charge in [-0.05, 0) is 52.8 Å². The van der Waals surface area contributed by atoms with Crippen molar-refractivity contribution in [2.75, 3.05) is 0 Å². The Labute approximate surface area is 128 Å². The van der Waals surface area contributed by atoms with E-state index in [0.29, 0.717) is 10.6 Å². The molecular formula is C14H11ClF2IN. The Morgan fingerprint density at radius 2 is 1.84 bits per heavy atom. The Balaban J connectivity index is 2.47. The molecular weight excluding hydrogens is 383 g/mol. The summed E-state index contributed by atoms with van der Waals surface area (Å²) in [5, 5.41) is 0.543. The van der Waals surface area contributed by atoms with Crippen LogP contribution < -0.4 is 5.73 Å². The van der Waals surface area contributed by atoms with Crippen LogP contribution in [0.25, 0.3) is 0 Å². The van der Waals surface area contributed by atoms with Crippen LogP contribution in [0.4, 0.5) is 8.78 Å². The molecule has 0 aliphatic heterocycles. The molecule has 0 amide bonds. The first kappa shape index (κ1) is 14.7. The monoisotopic (exact) mass is 393 g/mol. The second-order valence-electron chi connectivity index (χ2n) is 4.25.